The van der Waals surface area contributed by atoms with Crippen molar-refractivity contribution >= 4 is 28.3 Å². The molecule has 28 heavy (non-hydrogen) atoms. The molecule has 7 heteroatoms. The van der Waals surface area contributed by atoms with E-state index in [1.54, 1.807) is 18.7 Å². The highest BCUT2D eigenvalue weighted by molar-refractivity contribution is 7.17. The molecule has 0 radical (unpaired) electrons. The van der Waals surface area contributed by atoms with Crippen LogP contribution in [0.5, 0.6) is 5.75 Å². The highest BCUT2D eigenvalue weighted by Gasteiger charge is 2.36. The molecule has 1 aliphatic carbocycles. The molecule has 0 bridgehead atoms. The van der Waals surface area contributed by atoms with E-state index in [1.807, 2.05) is 32.0 Å². The Morgan fingerprint density at radius 1 is 1.21 bits per heavy atom. The van der Waals surface area contributed by atoms with Crippen molar-refractivity contribution in [2.75, 3.05) is 18.1 Å². The maximum absolute atomic E-state index is 12.9. The maximum Gasteiger partial charge on any atom is 0.350 e. The van der Waals surface area contributed by atoms with Crippen LogP contribution in [0, 0.1) is 20.8 Å². The van der Waals surface area contributed by atoms with Crippen molar-refractivity contribution in [2.24, 2.45) is 0 Å². The highest BCUT2D eigenvalue weighted by atomic mass is 32.1. The Morgan fingerprint density at radius 2 is 1.89 bits per heavy atom. The number of hydrogen-bond acceptors (Lipinski definition) is 6. The summed E-state index contributed by atoms with van der Waals surface area (Å²) in [6.45, 7) is 8.15. The van der Waals surface area contributed by atoms with Gasteiger partial charge in [-0.15, -0.1) is 0 Å². The number of amides is 1. The molecule has 3 rings (SSSR count). The van der Waals surface area contributed by atoms with E-state index in [-0.39, 0.29) is 24.3 Å². The monoisotopic (exact) mass is 402 g/mol. The van der Waals surface area contributed by atoms with E-state index in [0.717, 1.165) is 29.7 Å². The summed E-state index contributed by atoms with van der Waals surface area (Å²) >= 11 is 1.23. The minimum Gasteiger partial charge on any atom is -0.493 e. The number of aromatic nitrogens is 1. The van der Waals surface area contributed by atoms with Gasteiger partial charge in [0.25, 0.3) is 0 Å². The molecule has 0 aliphatic heterocycles. The smallest absolute Gasteiger partial charge is 0.350 e. The summed E-state index contributed by atoms with van der Waals surface area (Å²) in [7, 11) is 0. The number of aryl methyl sites for hydroxylation is 3. The van der Waals surface area contributed by atoms with Gasteiger partial charge in [0.05, 0.1) is 25.3 Å². The van der Waals surface area contributed by atoms with Crippen LogP contribution in [0.25, 0.3) is 0 Å². The van der Waals surface area contributed by atoms with Crippen LogP contribution in [-0.4, -0.2) is 36.1 Å². The van der Waals surface area contributed by atoms with Gasteiger partial charge in [-0.1, -0.05) is 29.5 Å². The zero-order chi connectivity index (χ0) is 20.3. The maximum atomic E-state index is 12.9. The van der Waals surface area contributed by atoms with Gasteiger partial charge in [-0.3, -0.25) is 9.69 Å². The molecule has 0 N–H and O–H groups in total. The number of ether oxygens (including phenoxy) is 2. The van der Waals surface area contributed by atoms with Crippen molar-refractivity contribution in [2.45, 2.75) is 53.0 Å². The number of carbonyl (C=O) groups excluding carboxylic acids is 2. The van der Waals surface area contributed by atoms with Crippen molar-refractivity contribution in [3.63, 3.8) is 0 Å². The predicted molar refractivity (Wildman–Crippen MR) is 109 cm³/mol. The van der Waals surface area contributed by atoms with Gasteiger partial charge in [-0.25, -0.2) is 9.78 Å². The lowest BCUT2D eigenvalue weighted by Gasteiger charge is -2.20. The topological polar surface area (TPSA) is 68.7 Å². The second kappa shape index (κ2) is 8.73. The normalized spacial score (nSPS) is 13.3. The molecule has 1 heterocycles. The number of nitrogens with zero attached hydrogens (tertiary/aromatic N) is 2. The molecule has 1 saturated carbocycles. The Hall–Kier alpha value is -2.41. The lowest BCUT2D eigenvalue weighted by Crippen LogP contribution is -2.34. The molecule has 0 atom stereocenters. The summed E-state index contributed by atoms with van der Waals surface area (Å²) in [6, 6.07) is 6.14. The van der Waals surface area contributed by atoms with Gasteiger partial charge in [0, 0.05) is 6.04 Å². The standard InChI is InChI=1S/C21H26N2O4S/c1-5-26-20(25)19-15(4)22-21(28-19)23(16-9-10-16)17(24)11-12-27-18-13(2)7-6-8-14(18)3/h6-8,16H,5,9-12H2,1-4H3. The van der Waals surface area contributed by atoms with E-state index in [9.17, 15) is 9.59 Å². The summed E-state index contributed by atoms with van der Waals surface area (Å²) < 4.78 is 11.0. The summed E-state index contributed by atoms with van der Waals surface area (Å²) in [6.07, 6.45) is 2.17. The van der Waals surface area contributed by atoms with Gasteiger partial charge in [-0.05, 0) is 51.7 Å². The Morgan fingerprint density at radius 3 is 2.50 bits per heavy atom. The van der Waals surface area contributed by atoms with E-state index in [2.05, 4.69) is 4.98 Å². The van der Waals surface area contributed by atoms with Crippen LogP contribution in [0.1, 0.15) is 52.7 Å². The largest absolute Gasteiger partial charge is 0.493 e. The van der Waals surface area contributed by atoms with Crippen LogP contribution in [-0.2, 0) is 9.53 Å². The fourth-order valence-corrected chi connectivity index (χ4v) is 4.11. The zero-order valence-electron chi connectivity index (χ0n) is 16.8. The first-order valence-corrected chi connectivity index (χ1v) is 10.4. The second-order valence-corrected chi connectivity index (χ2v) is 7.92. The van der Waals surface area contributed by atoms with E-state index in [4.69, 9.17) is 9.47 Å². The number of esters is 1. The molecule has 150 valence electrons. The average Bonchev–Trinajstić information content (AvgIpc) is 3.39. The number of para-hydroxylation sites is 1. The highest BCUT2D eigenvalue weighted by Crippen LogP contribution is 2.36. The molecule has 1 aromatic heterocycles. The molecular formula is C21H26N2O4S. The fraction of sp³-hybridized carbons (Fsp3) is 0.476. The molecular weight excluding hydrogens is 376 g/mol. The lowest BCUT2D eigenvalue weighted by molar-refractivity contribution is -0.119. The van der Waals surface area contributed by atoms with Crippen LogP contribution in [0.4, 0.5) is 5.13 Å². The van der Waals surface area contributed by atoms with E-state index in [0.29, 0.717) is 28.9 Å². The first kappa shape index (κ1) is 20.3. The van der Waals surface area contributed by atoms with Crippen molar-refractivity contribution in [1.82, 2.24) is 4.98 Å². The summed E-state index contributed by atoms with van der Waals surface area (Å²) in [4.78, 5) is 31.6. The Kier molecular flexibility index (Phi) is 6.34. The van der Waals surface area contributed by atoms with Crippen LogP contribution >= 0.6 is 11.3 Å². The molecule has 2 aromatic rings. The van der Waals surface area contributed by atoms with Gasteiger partial charge in [0.15, 0.2) is 5.13 Å². The summed E-state index contributed by atoms with van der Waals surface area (Å²) in [5, 5.41) is 0.570. The summed E-state index contributed by atoms with van der Waals surface area (Å²) in [5.41, 5.74) is 2.71. The molecule has 1 aliphatic rings. The third kappa shape index (κ3) is 4.52. The lowest BCUT2D eigenvalue weighted by atomic mass is 10.1. The Balaban J connectivity index is 1.68. The molecule has 1 fully saturated rings. The molecule has 0 unspecified atom stereocenters. The van der Waals surface area contributed by atoms with Gasteiger partial charge in [-0.2, -0.15) is 0 Å². The number of rotatable bonds is 8. The van der Waals surface area contributed by atoms with Gasteiger partial charge in [0.2, 0.25) is 5.91 Å². The van der Waals surface area contributed by atoms with Crippen LogP contribution in [0.15, 0.2) is 18.2 Å². The zero-order valence-corrected chi connectivity index (χ0v) is 17.6. The molecule has 0 saturated heterocycles. The minimum atomic E-state index is -0.384. The third-order valence-corrected chi connectivity index (χ3v) is 5.74. The first-order chi connectivity index (χ1) is 13.4. The van der Waals surface area contributed by atoms with Crippen molar-refractivity contribution in [3.05, 3.63) is 39.9 Å². The SMILES string of the molecule is CCOC(=O)c1sc(N(C(=O)CCOc2c(C)cccc2C)C2CC2)nc1C. The summed E-state index contributed by atoms with van der Waals surface area (Å²) in [5.74, 6) is 0.422. The number of benzene rings is 1. The van der Waals surface area contributed by atoms with Crippen molar-refractivity contribution in [1.29, 1.82) is 0 Å². The van der Waals surface area contributed by atoms with E-state index >= 15 is 0 Å². The molecule has 6 nitrogen and oxygen atoms in total. The first-order valence-electron chi connectivity index (χ1n) is 9.58. The quantitative estimate of drug-likeness (QED) is 0.619. The van der Waals surface area contributed by atoms with Crippen LogP contribution in [0.3, 0.4) is 0 Å². The number of thiazole rings is 1. The van der Waals surface area contributed by atoms with Crippen LogP contribution < -0.4 is 9.64 Å². The average molecular weight is 403 g/mol. The Bertz CT molecular complexity index is 853. The van der Waals surface area contributed by atoms with E-state index < -0.39 is 0 Å². The molecule has 1 aromatic carbocycles. The van der Waals surface area contributed by atoms with Crippen molar-refractivity contribution < 1.29 is 19.1 Å². The number of hydrogen-bond donors (Lipinski definition) is 0. The van der Waals surface area contributed by atoms with Gasteiger partial charge < -0.3 is 9.47 Å². The predicted octanol–water partition coefficient (Wildman–Crippen LogP) is 4.21. The van der Waals surface area contributed by atoms with Crippen molar-refractivity contribution in [3.8, 4) is 5.75 Å². The van der Waals surface area contributed by atoms with E-state index in [1.165, 1.54) is 11.3 Å². The Labute approximate surface area is 169 Å². The van der Waals surface area contributed by atoms with Crippen LogP contribution in [0.2, 0.25) is 0 Å². The number of anilines is 1. The minimum absolute atomic E-state index is 0.0297. The second-order valence-electron chi connectivity index (χ2n) is 6.95. The van der Waals surface area contributed by atoms with Gasteiger partial charge >= 0.3 is 5.97 Å². The van der Waals surface area contributed by atoms with Gasteiger partial charge in [0.1, 0.15) is 10.6 Å². The number of carbonyl (C=O) groups is 2. The fourth-order valence-electron chi connectivity index (χ4n) is 3.06. The molecule has 0 spiro atoms. The third-order valence-electron chi connectivity index (χ3n) is 4.60. The molecule has 1 amide bonds.